The second-order valence-corrected chi connectivity index (χ2v) is 6.15. The highest BCUT2D eigenvalue weighted by atomic mass is 16.5. The quantitative estimate of drug-likeness (QED) is 0.856. The molecule has 0 spiro atoms. The molecule has 2 heterocycles. The molecule has 5 heteroatoms. The second-order valence-electron chi connectivity index (χ2n) is 6.15. The van der Waals surface area contributed by atoms with Crippen LogP contribution in [0.2, 0.25) is 0 Å². The smallest absolute Gasteiger partial charge is 0.252 e. The van der Waals surface area contributed by atoms with E-state index in [1.807, 2.05) is 23.1 Å². The van der Waals surface area contributed by atoms with E-state index in [9.17, 15) is 4.79 Å². The van der Waals surface area contributed by atoms with Crippen molar-refractivity contribution >= 4 is 5.91 Å². The highest BCUT2D eigenvalue weighted by Gasteiger charge is 2.36. The Hall–Kier alpha value is -1.75. The first-order chi connectivity index (χ1) is 11.2. The molecule has 0 saturated carbocycles. The average molecular weight is 319 g/mol. The Morgan fingerprint density at radius 1 is 1.17 bits per heavy atom. The van der Waals surface area contributed by atoms with Crippen molar-refractivity contribution in [2.45, 2.75) is 44.2 Å². The van der Waals surface area contributed by atoms with E-state index in [2.05, 4.69) is 0 Å². The van der Waals surface area contributed by atoms with Gasteiger partial charge < -0.3 is 19.1 Å². The van der Waals surface area contributed by atoms with Crippen molar-refractivity contribution < 1.29 is 19.0 Å². The summed E-state index contributed by atoms with van der Waals surface area (Å²) in [5.41, 5.74) is 1.05. The first-order valence-electron chi connectivity index (χ1n) is 8.38. The number of carbonyl (C=O) groups excluding carboxylic acids is 1. The Morgan fingerprint density at radius 3 is 2.74 bits per heavy atom. The monoisotopic (exact) mass is 319 g/mol. The standard InChI is InChI=1S/C18H25NO4/c1-21-13-8-9-14(17(12-13)22-2)15-6-5-10-19(15)18(20)16-7-3-4-11-23-16/h8-9,12,15-16H,3-7,10-11H2,1-2H3. The summed E-state index contributed by atoms with van der Waals surface area (Å²) < 4.78 is 16.5. The molecule has 0 aliphatic carbocycles. The number of ether oxygens (including phenoxy) is 3. The van der Waals surface area contributed by atoms with Crippen molar-refractivity contribution in [2.75, 3.05) is 27.4 Å². The maximum absolute atomic E-state index is 12.8. The number of benzene rings is 1. The van der Waals surface area contributed by atoms with Gasteiger partial charge in [-0.05, 0) is 44.2 Å². The summed E-state index contributed by atoms with van der Waals surface area (Å²) in [6, 6.07) is 5.88. The molecule has 1 amide bonds. The Morgan fingerprint density at radius 2 is 2.04 bits per heavy atom. The molecule has 2 fully saturated rings. The topological polar surface area (TPSA) is 48.0 Å². The summed E-state index contributed by atoms with van der Waals surface area (Å²) in [4.78, 5) is 14.8. The number of hydrogen-bond donors (Lipinski definition) is 0. The van der Waals surface area contributed by atoms with Gasteiger partial charge in [-0.2, -0.15) is 0 Å². The predicted octanol–water partition coefficient (Wildman–Crippen LogP) is 2.94. The van der Waals surface area contributed by atoms with Crippen LogP contribution in [0.15, 0.2) is 18.2 Å². The van der Waals surface area contributed by atoms with Crippen LogP contribution >= 0.6 is 0 Å². The lowest BCUT2D eigenvalue weighted by molar-refractivity contribution is -0.147. The molecule has 0 aromatic heterocycles. The maximum Gasteiger partial charge on any atom is 0.252 e. The Balaban J connectivity index is 1.82. The van der Waals surface area contributed by atoms with E-state index in [-0.39, 0.29) is 18.1 Å². The number of nitrogens with zero attached hydrogens (tertiary/aromatic N) is 1. The third-order valence-electron chi connectivity index (χ3n) is 4.79. The SMILES string of the molecule is COc1ccc(C2CCCN2C(=O)C2CCCCO2)c(OC)c1. The van der Waals surface area contributed by atoms with Gasteiger partial charge in [0.05, 0.1) is 20.3 Å². The van der Waals surface area contributed by atoms with Crippen molar-refractivity contribution in [1.82, 2.24) is 4.90 Å². The van der Waals surface area contributed by atoms with Crippen LogP contribution in [0.3, 0.4) is 0 Å². The molecule has 0 bridgehead atoms. The first-order valence-corrected chi connectivity index (χ1v) is 8.38. The van der Waals surface area contributed by atoms with Crippen LogP contribution in [0.1, 0.15) is 43.7 Å². The Labute approximate surface area is 137 Å². The van der Waals surface area contributed by atoms with E-state index in [1.165, 1.54) is 0 Å². The Kier molecular flexibility index (Phi) is 5.06. The molecule has 23 heavy (non-hydrogen) atoms. The van der Waals surface area contributed by atoms with E-state index in [4.69, 9.17) is 14.2 Å². The van der Waals surface area contributed by atoms with Gasteiger partial charge in [0.2, 0.25) is 0 Å². The van der Waals surface area contributed by atoms with Crippen LogP contribution in [-0.4, -0.2) is 44.3 Å². The van der Waals surface area contributed by atoms with Crippen LogP contribution in [0, 0.1) is 0 Å². The maximum atomic E-state index is 12.8. The van der Waals surface area contributed by atoms with E-state index >= 15 is 0 Å². The summed E-state index contributed by atoms with van der Waals surface area (Å²) >= 11 is 0. The van der Waals surface area contributed by atoms with Gasteiger partial charge in [0.15, 0.2) is 0 Å². The Bertz CT molecular complexity index is 554. The first kappa shape index (κ1) is 16.1. The minimum Gasteiger partial charge on any atom is -0.497 e. The van der Waals surface area contributed by atoms with Gasteiger partial charge in [-0.1, -0.05) is 0 Å². The fourth-order valence-corrected chi connectivity index (χ4v) is 3.57. The molecule has 2 aliphatic heterocycles. The van der Waals surface area contributed by atoms with Crippen molar-refractivity contribution in [3.8, 4) is 11.5 Å². The average Bonchev–Trinajstić information content (AvgIpc) is 3.10. The molecule has 2 atom stereocenters. The molecule has 2 aliphatic rings. The van der Waals surface area contributed by atoms with Crippen LogP contribution < -0.4 is 9.47 Å². The van der Waals surface area contributed by atoms with E-state index < -0.39 is 0 Å². The van der Waals surface area contributed by atoms with Crippen LogP contribution in [-0.2, 0) is 9.53 Å². The lowest BCUT2D eigenvalue weighted by Gasteiger charge is -2.31. The molecule has 1 aromatic rings. The lowest BCUT2D eigenvalue weighted by Crippen LogP contribution is -2.41. The van der Waals surface area contributed by atoms with Gasteiger partial charge >= 0.3 is 0 Å². The lowest BCUT2D eigenvalue weighted by atomic mass is 10.0. The van der Waals surface area contributed by atoms with E-state index in [1.54, 1.807) is 14.2 Å². The number of likely N-dealkylation sites (tertiary alicyclic amines) is 1. The fraction of sp³-hybridized carbons (Fsp3) is 0.611. The summed E-state index contributed by atoms with van der Waals surface area (Å²) in [6.45, 7) is 1.49. The summed E-state index contributed by atoms with van der Waals surface area (Å²) in [5, 5.41) is 0. The summed E-state index contributed by atoms with van der Waals surface area (Å²) in [5.74, 6) is 1.67. The zero-order valence-electron chi connectivity index (χ0n) is 13.9. The van der Waals surface area contributed by atoms with Gasteiger partial charge in [-0.25, -0.2) is 0 Å². The molecule has 3 rings (SSSR count). The molecule has 126 valence electrons. The van der Waals surface area contributed by atoms with Gasteiger partial charge in [-0.3, -0.25) is 4.79 Å². The number of methoxy groups -OCH3 is 2. The van der Waals surface area contributed by atoms with Crippen LogP contribution in [0.5, 0.6) is 11.5 Å². The number of carbonyl (C=O) groups is 1. The molecular formula is C18H25NO4. The predicted molar refractivity (Wildman–Crippen MR) is 86.8 cm³/mol. The van der Waals surface area contributed by atoms with Crippen molar-refractivity contribution in [3.63, 3.8) is 0 Å². The summed E-state index contributed by atoms with van der Waals surface area (Å²) in [6.07, 6.45) is 4.66. The summed E-state index contributed by atoms with van der Waals surface area (Å²) in [7, 11) is 3.30. The van der Waals surface area contributed by atoms with Gasteiger partial charge in [0.25, 0.3) is 5.91 Å². The second kappa shape index (κ2) is 7.21. The number of hydrogen-bond acceptors (Lipinski definition) is 4. The largest absolute Gasteiger partial charge is 0.497 e. The van der Waals surface area contributed by atoms with Crippen molar-refractivity contribution in [1.29, 1.82) is 0 Å². The van der Waals surface area contributed by atoms with Gasteiger partial charge in [0, 0.05) is 24.8 Å². The normalized spacial score (nSPS) is 24.5. The van der Waals surface area contributed by atoms with E-state index in [0.29, 0.717) is 6.61 Å². The van der Waals surface area contributed by atoms with Gasteiger partial charge in [-0.15, -0.1) is 0 Å². The van der Waals surface area contributed by atoms with Crippen molar-refractivity contribution in [3.05, 3.63) is 23.8 Å². The van der Waals surface area contributed by atoms with Crippen LogP contribution in [0.25, 0.3) is 0 Å². The van der Waals surface area contributed by atoms with Crippen LogP contribution in [0.4, 0.5) is 0 Å². The number of amides is 1. The molecule has 2 unspecified atom stereocenters. The third-order valence-corrected chi connectivity index (χ3v) is 4.79. The van der Waals surface area contributed by atoms with Gasteiger partial charge in [0.1, 0.15) is 17.6 Å². The molecule has 5 nitrogen and oxygen atoms in total. The zero-order chi connectivity index (χ0) is 16.2. The fourth-order valence-electron chi connectivity index (χ4n) is 3.57. The van der Waals surface area contributed by atoms with Crippen molar-refractivity contribution in [2.24, 2.45) is 0 Å². The molecule has 2 saturated heterocycles. The molecular weight excluding hydrogens is 294 g/mol. The minimum absolute atomic E-state index is 0.0638. The minimum atomic E-state index is -0.270. The van der Waals surface area contributed by atoms with E-state index in [0.717, 1.165) is 55.7 Å². The molecule has 1 aromatic carbocycles. The highest BCUT2D eigenvalue weighted by Crippen LogP contribution is 2.39. The number of rotatable bonds is 4. The highest BCUT2D eigenvalue weighted by molar-refractivity contribution is 5.82. The molecule has 0 N–H and O–H groups in total. The zero-order valence-corrected chi connectivity index (χ0v) is 13.9. The molecule has 0 radical (unpaired) electrons. The third kappa shape index (κ3) is 3.29.